The third-order valence-electron chi connectivity index (χ3n) is 8.65. The number of likely N-dealkylation sites (N-methyl/N-ethyl adjacent to an activating group) is 1. The average molecular weight is 542 g/mol. The van der Waals surface area contributed by atoms with Crippen molar-refractivity contribution in [2.24, 2.45) is 5.73 Å². The topological polar surface area (TPSA) is 114 Å². The molecule has 2 aromatic carbocycles. The first kappa shape index (κ1) is 24.8. The van der Waals surface area contributed by atoms with Crippen LogP contribution in [0, 0.1) is 0 Å². The molecule has 202 valence electrons. The highest BCUT2D eigenvalue weighted by Gasteiger charge is 2.36. The molecule has 1 saturated carbocycles. The lowest BCUT2D eigenvalue weighted by Gasteiger charge is -2.41. The molecule has 9 nitrogen and oxygen atoms in total. The Kier molecular flexibility index (Phi) is 6.23. The number of aromatic nitrogens is 4. The Morgan fingerprint density at radius 2 is 1.64 bits per heavy atom. The van der Waals surface area contributed by atoms with Gasteiger partial charge >= 0.3 is 0 Å². The van der Waals surface area contributed by atoms with Gasteiger partial charge in [0.05, 0.1) is 17.1 Å². The molecule has 39 heavy (non-hydrogen) atoms. The van der Waals surface area contributed by atoms with Crippen molar-refractivity contribution in [3.05, 3.63) is 60.4 Å². The van der Waals surface area contributed by atoms with Crippen LogP contribution in [0.3, 0.4) is 0 Å². The lowest BCUT2D eigenvalue weighted by atomic mass is 9.90. The molecule has 0 spiro atoms. The van der Waals surface area contributed by atoms with Crippen molar-refractivity contribution in [2.75, 3.05) is 44.3 Å². The standard InChI is InChI=1S/C29H35N9S/c1-36-14-16-37(17-15-36)21-10-12-22(13-11-21)38-28-25(27(30)32-18-33-28)26(35-38)19-6-8-20(9-7-19)29(31)34-23-4-2-3-5-24(23)39-29/h2-9,18,21-22,34H,10-17,31H2,1H3,(H2,30,32,33). The van der Waals surface area contributed by atoms with Gasteiger partial charge in [0.1, 0.15) is 17.8 Å². The summed E-state index contributed by atoms with van der Waals surface area (Å²) in [6.07, 6.45) is 6.11. The van der Waals surface area contributed by atoms with Gasteiger partial charge in [0.25, 0.3) is 0 Å². The molecule has 2 fully saturated rings. The highest BCUT2D eigenvalue weighted by molar-refractivity contribution is 8.00. The Hall–Kier alpha value is -3.18. The summed E-state index contributed by atoms with van der Waals surface area (Å²) in [7, 11) is 2.22. The van der Waals surface area contributed by atoms with Crippen LogP contribution in [0.1, 0.15) is 37.3 Å². The molecular weight excluding hydrogens is 506 g/mol. The van der Waals surface area contributed by atoms with E-state index in [-0.39, 0.29) is 0 Å². The quantitative estimate of drug-likeness (QED) is 0.351. The van der Waals surface area contributed by atoms with Gasteiger partial charge in [-0.25, -0.2) is 14.6 Å². The summed E-state index contributed by atoms with van der Waals surface area (Å²) >= 11 is 1.63. The molecule has 4 aromatic rings. The summed E-state index contributed by atoms with van der Waals surface area (Å²) < 4.78 is 2.12. The van der Waals surface area contributed by atoms with Gasteiger partial charge in [-0.3, -0.25) is 10.6 Å². The zero-order valence-corrected chi connectivity index (χ0v) is 23.1. The Morgan fingerprint density at radius 1 is 0.923 bits per heavy atom. The minimum atomic E-state index is -0.714. The minimum Gasteiger partial charge on any atom is -0.383 e. The Balaban J connectivity index is 1.15. The molecule has 1 saturated heterocycles. The van der Waals surface area contributed by atoms with E-state index in [0.29, 0.717) is 17.9 Å². The zero-order valence-electron chi connectivity index (χ0n) is 22.3. The number of benzene rings is 2. The molecule has 0 bridgehead atoms. The predicted octanol–water partition coefficient (Wildman–Crippen LogP) is 4.09. The van der Waals surface area contributed by atoms with E-state index in [4.69, 9.17) is 16.6 Å². The first-order valence-electron chi connectivity index (χ1n) is 13.9. The molecule has 4 heterocycles. The summed E-state index contributed by atoms with van der Waals surface area (Å²) in [5, 5.41) is 9.44. The molecule has 1 aliphatic carbocycles. The Bertz CT molecular complexity index is 1460. The summed E-state index contributed by atoms with van der Waals surface area (Å²) in [5.74, 6) is 0.468. The molecule has 10 heteroatoms. The highest BCUT2D eigenvalue weighted by Crippen LogP contribution is 2.48. The maximum atomic E-state index is 6.79. The maximum absolute atomic E-state index is 6.79. The van der Waals surface area contributed by atoms with Crippen LogP contribution in [-0.2, 0) is 4.99 Å². The highest BCUT2D eigenvalue weighted by atomic mass is 32.2. The van der Waals surface area contributed by atoms with Crippen LogP contribution >= 0.6 is 11.8 Å². The van der Waals surface area contributed by atoms with Crippen LogP contribution in [0.25, 0.3) is 22.3 Å². The first-order chi connectivity index (χ1) is 19.0. The van der Waals surface area contributed by atoms with Crippen molar-refractivity contribution in [2.45, 2.75) is 47.7 Å². The fourth-order valence-corrected chi connectivity index (χ4v) is 7.51. The summed E-state index contributed by atoms with van der Waals surface area (Å²) in [6.45, 7) is 4.67. The smallest absolute Gasteiger partial charge is 0.165 e. The molecular formula is C29H35N9S. The number of nitrogens with one attached hydrogen (secondary N) is 1. The van der Waals surface area contributed by atoms with E-state index >= 15 is 0 Å². The largest absolute Gasteiger partial charge is 0.383 e. The Morgan fingerprint density at radius 3 is 2.38 bits per heavy atom. The van der Waals surface area contributed by atoms with Gasteiger partial charge < -0.3 is 16.0 Å². The molecule has 0 radical (unpaired) electrons. The van der Waals surface area contributed by atoms with Crippen LogP contribution in [0.2, 0.25) is 0 Å². The lowest BCUT2D eigenvalue weighted by molar-refractivity contribution is 0.0815. The second-order valence-corrected chi connectivity index (χ2v) is 12.4. The van der Waals surface area contributed by atoms with Crippen LogP contribution in [0.4, 0.5) is 11.5 Å². The zero-order chi connectivity index (χ0) is 26.6. The number of nitrogens with zero attached hydrogens (tertiary/aromatic N) is 6. The summed E-state index contributed by atoms with van der Waals surface area (Å²) in [5.41, 5.74) is 17.9. The fraction of sp³-hybridized carbons (Fsp3) is 0.414. The second kappa shape index (κ2) is 9.78. The van der Waals surface area contributed by atoms with E-state index in [2.05, 4.69) is 73.2 Å². The van der Waals surface area contributed by atoms with Crippen molar-refractivity contribution >= 4 is 34.3 Å². The van der Waals surface area contributed by atoms with Crippen LogP contribution in [-0.4, -0.2) is 68.8 Å². The van der Waals surface area contributed by atoms with Gasteiger partial charge in [0.15, 0.2) is 10.6 Å². The van der Waals surface area contributed by atoms with Crippen molar-refractivity contribution in [3.8, 4) is 11.3 Å². The minimum absolute atomic E-state index is 0.309. The third kappa shape index (κ3) is 4.45. The summed E-state index contributed by atoms with van der Waals surface area (Å²) in [4.78, 5) is 14.5. The Labute approximate surface area is 233 Å². The van der Waals surface area contributed by atoms with Gasteiger partial charge in [-0.15, -0.1) is 0 Å². The second-order valence-electron chi connectivity index (χ2n) is 11.1. The van der Waals surface area contributed by atoms with Crippen molar-refractivity contribution < 1.29 is 0 Å². The number of fused-ring (bicyclic) bond motifs is 2. The predicted molar refractivity (Wildman–Crippen MR) is 157 cm³/mol. The van der Waals surface area contributed by atoms with Gasteiger partial charge in [-0.1, -0.05) is 48.2 Å². The number of piperazine rings is 1. The number of hydrogen-bond donors (Lipinski definition) is 3. The van der Waals surface area contributed by atoms with Crippen LogP contribution in [0.15, 0.2) is 59.8 Å². The normalized spacial score (nSPS) is 26.0. The SMILES string of the molecule is CN1CCN(C2CCC(n3nc(-c4ccc(C5(N)Nc6ccccc6S5)cc4)c4c(N)ncnc43)CC2)CC1. The monoisotopic (exact) mass is 541 g/mol. The molecule has 1 unspecified atom stereocenters. The average Bonchev–Trinajstić information content (AvgIpc) is 3.53. The van der Waals surface area contributed by atoms with E-state index in [9.17, 15) is 0 Å². The molecule has 3 aliphatic rings. The molecule has 0 amide bonds. The van der Waals surface area contributed by atoms with Gasteiger partial charge in [0.2, 0.25) is 0 Å². The van der Waals surface area contributed by atoms with Gasteiger partial charge in [0, 0.05) is 48.2 Å². The molecule has 2 aromatic heterocycles. The van der Waals surface area contributed by atoms with E-state index in [0.717, 1.165) is 64.4 Å². The van der Waals surface area contributed by atoms with E-state index < -0.39 is 4.99 Å². The van der Waals surface area contributed by atoms with Crippen LogP contribution < -0.4 is 16.8 Å². The van der Waals surface area contributed by atoms with Crippen molar-refractivity contribution in [3.63, 3.8) is 0 Å². The number of para-hydroxylation sites is 1. The molecule has 5 N–H and O–H groups in total. The molecule has 2 aliphatic heterocycles. The van der Waals surface area contributed by atoms with E-state index in [1.54, 1.807) is 18.1 Å². The number of nitrogen functional groups attached to an aromatic ring is 1. The summed E-state index contributed by atoms with van der Waals surface area (Å²) in [6, 6.07) is 17.5. The molecule has 1 atom stereocenters. The number of hydrogen-bond acceptors (Lipinski definition) is 9. The number of rotatable bonds is 4. The van der Waals surface area contributed by atoms with Crippen molar-refractivity contribution in [1.29, 1.82) is 0 Å². The van der Waals surface area contributed by atoms with E-state index in [1.165, 1.54) is 25.9 Å². The third-order valence-corrected chi connectivity index (χ3v) is 9.89. The van der Waals surface area contributed by atoms with E-state index in [1.807, 2.05) is 12.1 Å². The van der Waals surface area contributed by atoms with Crippen LogP contribution in [0.5, 0.6) is 0 Å². The molecule has 7 rings (SSSR count). The van der Waals surface area contributed by atoms with Crippen molar-refractivity contribution in [1.82, 2.24) is 29.5 Å². The van der Waals surface area contributed by atoms with Gasteiger partial charge in [-0.05, 0) is 44.9 Å². The van der Waals surface area contributed by atoms with Gasteiger partial charge in [-0.2, -0.15) is 5.10 Å². The number of nitrogens with two attached hydrogens (primary N) is 2. The lowest BCUT2D eigenvalue weighted by Crippen LogP contribution is -2.49. The number of thioether (sulfide) groups is 1. The fourth-order valence-electron chi connectivity index (χ4n) is 6.37. The maximum Gasteiger partial charge on any atom is 0.165 e. The first-order valence-corrected chi connectivity index (χ1v) is 14.7. The number of anilines is 2.